The second-order valence-electron chi connectivity index (χ2n) is 6.47. The molecule has 0 spiro atoms. The Hall–Kier alpha value is -3.82. The van der Waals surface area contributed by atoms with E-state index in [4.69, 9.17) is 14.2 Å². The van der Waals surface area contributed by atoms with Crippen LogP contribution < -0.4 is 20.1 Å². The Labute approximate surface area is 172 Å². The number of benzene rings is 2. The highest BCUT2D eigenvalue weighted by Crippen LogP contribution is 2.32. The number of nitrogens with one attached hydrogen (secondary N) is 2. The van der Waals surface area contributed by atoms with Crippen LogP contribution in [0.4, 0.5) is 11.4 Å². The molecule has 0 bridgehead atoms. The predicted octanol–water partition coefficient (Wildman–Crippen LogP) is 2.62. The fourth-order valence-corrected chi connectivity index (χ4v) is 2.82. The van der Waals surface area contributed by atoms with Crippen LogP contribution in [0.25, 0.3) is 0 Å². The van der Waals surface area contributed by atoms with Gasteiger partial charge in [-0.25, -0.2) is 4.79 Å². The van der Waals surface area contributed by atoms with Crippen molar-refractivity contribution in [2.75, 3.05) is 18.7 Å². The van der Waals surface area contributed by atoms with Crippen molar-refractivity contribution in [3.05, 3.63) is 57.6 Å². The molecular formula is C20H21N3O7. The molecule has 0 aliphatic carbocycles. The monoisotopic (exact) mass is 415 g/mol. The molecule has 30 heavy (non-hydrogen) atoms. The Morgan fingerprint density at radius 3 is 2.70 bits per heavy atom. The molecule has 10 nitrogen and oxygen atoms in total. The first kappa shape index (κ1) is 20.9. The molecule has 1 aliphatic rings. The summed E-state index contributed by atoms with van der Waals surface area (Å²) in [6, 6.07) is 9.25. The van der Waals surface area contributed by atoms with Crippen LogP contribution in [0.2, 0.25) is 0 Å². The second kappa shape index (κ2) is 9.12. The van der Waals surface area contributed by atoms with Gasteiger partial charge in [0.1, 0.15) is 5.69 Å². The summed E-state index contributed by atoms with van der Waals surface area (Å²) in [7, 11) is 0. The van der Waals surface area contributed by atoms with Crippen molar-refractivity contribution in [3.63, 3.8) is 0 Å². The number of hydrogen-bond donors (Lipinski definition) is 2. The van der Waals surface area contributed by atoms with Gasteiger partial charge in [-0.1, -0.05) is 6.07 Å². The Balaban J connectivity index is 1.58. The Kier molecular flexibility index (Phi) is 6.35. The minimum Gasteiger partial charge on any atom is -0.454 e. The molecule has 0 saturated carbocycles. The van der Waals surface area contributed by atoms with Gasteiger partial charge in [0.25, 0.3) is 11.6 Å². The van der Waals surface area contributed by atoms with Crippen LogP contribution in [-0.4, -0.2) is 36.2 Å². The number of nitro groups is 1. The van der Waals surface area contributed by atoms with E-state index < -0.39 is 22.9 Å². The predicted molar refractivity (Wildman–Crippen MR) is 107 cm³/mol. The van der Waals surface area contributed by atoms with E-state index in [-0.39, 0.29) is 24.6 Å². The summed E-state index contributed by atoms with van der Waals surface area (Å²) in [6.07, 6.45) is -1.08. The molecular weight excluding hydrogens is 394 g/mol. The molecule has 158 valence electrons. The zero-order valence-corrected chi connectivity index (χ0v) is 16.5. The maximum absolute atomic E-state index is 12.3. The minimum absolute atomic E-state index is 0.0150. The number of carbonyl (C=O) groups is 2. The van der Waals surface area contributed by atoms with E-state index in [9.17, 15) is 19.7 Å². The zero-order chi connectivity index (χ0) is 21.7. The topological polar surface area (TPSA) is 129 Å². The van der Waals surface area contributed by atoms with Crippen molar-refractivity contribution in [3.8, 4) is 11.5 Å². The number of esters is 1. The molecule has 2 aromatic rings. The lowest BCUT2D eigenvalue weighted by Crippen LogP contribution is -2.35. The van der Waals surface area contributed by atoms with E-state index in [1.807, 2.05) is 0 Å². The average molecular weight is 415 g/mol. The van der Waals surface area contributed by atoms with E-state index in [0.717, 1.165) is 11.6 Å². The molecule has 1 amide bonds. The minimum atomic E-state index is -1.08. The van der Waals surface area contributed by atoms with Crippen molar-refractivity contribution < 1.29 is 28.7 Å². The van der Waals surface area contributed by atoms with Gasteiger partial charge in [0, 0.05) is 19.2 Å². The maximum Gasteiger partial charge on any atom is 0.339 e. The second-order valence-corrected chi connectivity index (χ2v) is 6.47. The summed E-state index contributed by atoms with van der Waals surface area (Å²) in [5.41, 5.74) is 0.833. The third kappa shape index (κ3) is 4.77. The number of hydrogen-bond acceptors (Lipinski definition) is 8. The van der Waals surface area contributed by atoms with Gasteiger partial charge in [0.2, 0.25) is 6.79 Å². The first-order valence-corrected chi connectivity index (χ1v) is 9.28. The van der Waals surface area contributed by atoms with Gasteiger partial charge in [-0.2, -0.15) is 0 Å². The number of ether oxygens (including phenoxy) is 3. The van der Waals surface area contributed by atoms with Gasteiger partial charge in [0.15, 0.2) is 17.6 Å². The third-order valence-electron chi connectivity index (χ3n) is 4.35. The smallest absolute Gasteiger partial charge is 0.339 e. The Morgan fingerprint density at radius 2 is 1.97 bits per heavy atom. The quantitative estimate of drug-likeness (QED) is 0.382. The van der Waals surface area contributed by atoms with E-state index in [0.29, 0.717) is 23.7 Å². The van der Waals surface area contributed by atoms with Crippen LogP contribution in [0.5, 0.6) is 11.5 Å². The lowest BCUT2D eigenvalue weighted by Gasteiger charge is -2.14. The summed E-state index contributed by atoms with van der Waals surface area (Å²) in [5.74, 6) is -0.0860. The molecule has 1 aliphatic heterocycles. The van der Waals surface area contributed by atoms with E-state index in [2.05, 4.69) is 10.6 Å². The molecule has 0 radical (unpaired) electrons. The fourth-order valence-electron chi connectivity index (χ4n) is 2.82. The molecule has 3 rings (SSSR count). The molecule has 2 N–H and O–H groups in total. The molecule has 0 unspecified atom stereocenters. The van der Waals surface area contributed by atoms with Crippen molar-refractivity contribution in [2.45, 2.75) is 26.5 Å². The van der Waals surface area contributed by atoms with Crippen molar-refractivity contribution in [1.82, 2.24) is 5.32 Å². The molecule has 2 aromatic carbocycles. The highest BCUT2D eigenvalue weighted by atomic mass is 16.7. The van der Waals surface area contributed by atoms with Crippen molar-refractivity contribution in [1.29, 1.82) is 0 Å². The molecule has 0 fully saturated rings. The first-order chi connectivity index (χ1) is 14.4. The number of rotatable bonds is 8. The highest BCUT2D eigenvalue weighted by Gasteiger charge is 2.22. The summed E-state index contributed by atoms with van der Waals surface area (Å²) in [4.78, 5) is 35.2. The lowest BCUT2D eigenvalue weighted by atomic mass is 10.1. The molecule has 1 atom stereocenters. The summed E-state index contributed by atoms with van der Waals surface area (Å²) in [6.45, 7) is 4.08. The van der Waals surface area contributed by atoms with Crippen LogP contribution >= 0.6 is 0 Å². The fraction of sp³-hybridized carbons (Fsp3) is 0.300. The standard InChI is InChI=1S/C20H21N3O7/c1-3-21-15-6-5-14(9-16(15)23(26)27)20(25)30-12(2)19(24)22-10-13-4-7-17-18(8-13)29-11-28-17/h4-9,12,21H,3,10-11H2,1-2H3,(H,22,24)/t12-/m1/s1. The Bertz CT molecular complexity index is 977. The molecule has 1 heterocycles. The molecule has 0 saturated heterocycles. The Morgan fingerprint density at radius 1 is 1.20 bits per heavy atom. The van der Waals surface area contributed by atoms with Crippen LogP contribution in [0.3, 0.4) is 0 Å². The third-order valence-corrected chi connectivity index (χ3v) is 4.35. The van der Waals surface area contributed by atoms with Crippen molar-refractivity contribution >= 4 is 23.3 Å². The first-order valence-electron chi connectivity index (χ1n) is 9.28. The van der Waals surface area contributed by atoms with Gasteiger partial charge >= 0.3 is 5.97 Å². The van der Waals surface area contributed by atoms with E-state index in [1.54, 1.807) is 25.1 Å². The summed E-state index contributed by atoms with van der Waals surface area (Å²) < 4.78 is 15.7. The largest absolute Gasteiger partial charge is 0.454 e. The maximum atomic E-state index is 12.3. The summed E-state index contributed by atoms with van der Waals surface area (Å²) >= 11 is 0. The lowest BCUT2D eigenvalue weighted by molar-refractivity contribution is -0.384. The SMILES string of the molecule is CCNc1ccc(C(=O)O[C@H](C)C(=O)NCc2ccc3c(c2)OCO3)cc1[N+](=O)[O-]. The number of fused-ring (bicyclic) bond motifs is 1. The van der Waals surface area contributed by atoms with Gasteiger partial charge in [-0.05, 0) is 43.7 Å². The van der Waals surface area contributed by atoms with Crippen LogP contribution in [0, 0.1) is 10.1 Å². The summed E-state index contributed by atoms with van der Waals surface area (Å²) in [5, 5.41) is 16.8. The van der Waals surface area contributed by atoms with Crippen LogP contribution in [0.1, 0.15) is 29.8 Å². The number of anilines is 1. The number of carbonyl (C=O) groups excluding carboxylic acids is 2. The van der Waals surface area contributed by atoms with E-state index >= 15 is 0 Å². The number of nitro benzene ring substituents is 1. The van der Waals surface area contributed by atoms with Crippen LogP contribution in [0.15, 0.2) is 36.4 Å². The zero-order valence-electron chi connectivity index (χ0n) is 16.5. The van der Waals surface area contributed by atoms with Gasteiger partial charge in [-0.15, -0.1) is 0 Å². The van der Waals surface area contributed by atoms with Gasteiger partial charge in [-0.3, -0.25) is 14.9 Å². The molecule has 10 heteroatoms. The molecule has 0 aromatic heterocycles. The average Bonchev–Trinajstić information content (AvgIpc) is 3.20. The van der Waals surface area contributed by atoms with E-state index in [1.165, 1.54) is 19.1 Å². The van der Waals surface area contributed by atoms with Gasteiger partial charge < -0.3 is 24.8 Å². The van der Waals surface area contributed by atoms with Crippen molar-refractivity contribution in [2.24, 2.45) is 0 Å². The number of nitrogens with zero attached hydrogens (tertiary/aromatic N) is 1. The normalized spacial score (nSPS) is 12.7. The van der Waals surface area contributed by atoms with Crippen LogP contribution in [-0.2, 0) is 16.1 Å². The number of amides is 1. The highest BCUT2D eigenvalue weighted by molar-refractivity contribution is 5.93. The van der Waals surface area contributed by atoms with Gasteiger partial charge in [0.05, 0.1) is 10.5 Å².